The van der Waals surface area contributed by atoms with Crippen LogP contribution in [0.15, 0.2) is 35.6 Å². The molecule has 180 valence electrons. The molecular formula is C25H28N8O2. The van der Waals surface area contributed by atoms with Gasteiger partial charge in [0.05, 0.1) is 23.4 Å². The van der Waals surface area contributed by atoms with Crippen LogP contribution >= 0.6 is 0 Å². The lowest BCUT2D eigenvalue weighted by atomic mass is 9.99. The fourth-order valence-electron chi connectivity index (χ4n) is 5.09. The van der Waals surface area contributed by atoms with Crippen LogP contribution in [0.1, 0.15) is 52.6 Å². The van der Waals surface area contributed by atoms with Crippen LogP contribution in [0.5, 0.6) is 0 Å². The van der Waals surface area contributed by atoms with Gasteiger partial charge in [0.15, 0.2) is 5.65 Å². The number of fused-ring (bicyclic) bond motifs is 1. The maximum Gasteiger partial charge on any atom is 0.273 e. The van der Waals surface area contributed by atoms with Crippen molar-refractivity contribution in [3.05, 3.63) is 53.1 Å². The number of hydrogen-bond acceptors (Lipinski definition) is 8. The Morgan fingerprint density at radius 2 is 2.20 bits per heavy atom. The van der Waals surface area contributed by atoms with E-state index in [-0.39, 0.29) is 17.9 Å². The summed E-state index contributed by atoms with van der Waals surface area (Å²) in [5.74, 6) is 0.713. The van der Waals surface area contributed by atoms with Crippen molar-refractivity contribution in [1.29, 1.82) is 5.26 Å². The van der Waals surface area contributed by atoms with Gasteiger partial charge in [0.2, 0.25) is 0 Å². The van der Waals surface area contributed by atoms with Crippen molar-refractivity contribution in [2.45, 2.75) is 38.3 Å². The molecule has 3 atom stereocenters. The van der Waals surface area contributed by atoms with Gasteiger partial charge in [0.25, 0.3) is 5.91 Å². The highest BCUT2D eigenvalue weighted by Crippen LogP contribution is 2.33. The number of aliphatic hydroxyl groups excluding tert-OH is 1. The molecule has 3 aromatic rings. The first-order chi connectivity index (χ1) is 17.0. The Labute approximate surface area is 203 Å². The summed E-state index contributed by atoms with van der Waals surface area (Å²) in [5, 5.41) is 24.2. The van der Waals surface area contributed by atoms with E-state index in [0.29, 0.717) is 43.1 Å². The van der Waals surface area contributed by atoms with Crippen molar-refractivity contribution in [3.63, 3.8) is 0 Å². The van der Waals surface area contributed by atoms with Crippen LogP contribution < -0.4 is 4.90 Å². The van der Waals surface area contributed by atoms with E-state index in [9.17, 15) is 9.90 Å². The maximum atomic E-state index is 13.3. The van der Waals surface area contributed by atoms with Crippen molar-refractivity contribution in [3.8, 4) is 6.07 Å². The van der Waals surface area contributed by atoms with Crippen LogP contribution in [0.25, 0.3) is 5.65 Å². The van der Waals surface area contributed by atoms with Crippen LogP contribution in [0.4, 0.5) is 5.82 Å². The number of carbonyl (C=O) groups is 1. The molecule has 10 nitrogen and oxygen atoms in total. The van der Waals surface area contributed by atoms with E-state index in [1.165, 1.54) is 6.20 Å². The molecule has 2 aliphatic heterocycles. The number of aromatic nitrogens is 4. The summed E-state index contributed by atoms with van der Waals surface area (Å²) in [6.45, 7) is 7.87. The molecule has 0 radical (unpaired) electrons. The number of nitriles is 1. The summed E-state index contributed by atoms with van der Waals surface area (Å²) in [6, 6.07) is 7.02. The Bertz CT molecular complexity index is 1300. The second-order valence-corrected chi connectivity index (χ2v) is 9.31. The molecule has 2 aliphatic rings. The molecule has 0 bridgehead atoms. The molecule has 2 saturated heterocycles. The SMILES string of the molecule is C=NC[C@@H]1CN(c2nc3cc([C@@H]4CCCCN4C(=O)c4ccc(C#N)cn4)nn3cc2C)C[C@@H]1O. The first-order valence-electron chi connectivity index (χ1n) is 11.9. The number of rotatable bonds is 5. The smallest absolute Gasteiger partial charge is 0.273 e. The monoisotopic (exact) mass is 472 g/mol. The van der Waals surface area contributed by atoms with Crippen molar-refractivity contribution in [2.24, 2.45) is 10.9 Å². The topological polar surface area (TPSA) is 123 Å². The molecule has 1 amide bonds. The van der Waals surface area contributed by atoms with Gasteiger partial charge in [0, 0.05) is 56.1 Å². The van der Waals surface area contributed by atoms with Gasteiger partial charge in [-0.05, 0) is 45.0 Å². The lowest BCUT2D eigenvalue weighted by molar-refractivity contribution is 0.0599. The van der Waals surface area contributed by atoms with E-state index in [1.807, 2.05) is 30.2 Å². The summed E-state index contributed by atoms with van der Waals surface area (Å²) < 4.78 is 1.76. The molecule has 5 rings (SSSR count). The highest BCUT2D eigenvalue weighted by Gasteiger charge is 2.34. The van der Waals surface area contributed by atoms with E-state index >= 15 is 0 Å². The molecule has 1 N–H and O–H groups in total. The zero-order chi connectivity index (χ0) is 24.5. The fraction of sp³-hybridized carbons (Fsp3) is 0.440. The predicted molar refractivity (Wildman–Crippen MR) is 130 cm³/mol. The van der Waals surface area contributed by atoms with Gasteiger partial charge in [0.1, 0.15) is 17.6 Å². The molecule has 35 heavy (non-hydrogen) atoms. The Morgan fingerprint density at radius 1 is 1.34 bits per heavy atom. The third-order valence-electron chi connectivity index (χ3n) is 6.91. The van der Waals surface area contributed by atoms with E-state index in [4.69, 9.17) is 15.3 Å². The van der Waals surface area contributed by atoms with E-state index in [1.54, 1.807) is 16.6 Å². The second kappa shape index (κ2) is 9.43. The van der Waals surface area contributed by atoms with Crippen LogP contribution in [0.3, 0.4) is 0 Å². The number of aliphatic imine (C=N–C) groups is 1. The maximum absolute atomic E-state index is 13.3. The lowest BCUT2D eigenvalue weighted by Gasteiger charge is -2.34. The minimum atomic E-state index is -0.462. The molecule has 3 aromatic heterocycles. The Balaban J connectivity index is 1.43. The fourth-order valence-corrected chi connectivity index (χ4v) is 5.09. The zero-order valence-corrected chi connectivity index (χ0v) is 19.7. The number of aliphatic hydroxyl groups is 1. The van der Waals surface area contributed by atoms with Gasteiger partial charge in [-0.1, -0.05) is 0 Å². The number of hydrogen-bond donors (Lipinski definition) is 1. The van der Waals surface area contributed by atoms with Gasteiger partial charge >= 0.3 is 0 Å². The van der Waals surface area contributed by atoms with Crippen LogP contribution in [0, 0.1) is 24.2 Å². The summed E-state index contributed by atoms with van der Waals surface area (Å²) >= 11 is 0. The van der Waals surface area contributed by atoms with Crippen molar-refractivity contribution in [2.75, 3.05) is 31.1 Å². The highest BCUT2D eigenvalue weighted by molar-refractivity contribution is 5.92. The number of nitrogens with zero attached hydrogens (tertiary/aromatic N) is 8. The third kappa shape index (κ3) is 4.35. The van der Waals surface area contributed by atoms with Crippen LogP contribution in [-0.4, -0.2) is 74.5 Å². The number of carbonyl (C=O) groups excluding carboxylic acids is 1. The predicted octanol–water partition coefficient (Wildman–Crippen LogP) is 2.17. The molecule has 0 saturated carbocycles. The molecule has 0 aliphatic carbocycles. The van der Waals surface area contributed by atoms with Crippen LogP contribution in [0.2, 0.25) is 0 Å². The Morgan fingerprint density at radius 3 is 2.94 bits per heavy atom. The minimum Gasteiger partial charge on any atom is -0.391 e. The van der Waals surface area contributed by atoms with Crippen LogP contribution in [-0.2, 0) is 0 Å². The van der Waals surface area contributed by atoms with Gasteiger partial charge in [-0.3, -0.25) is 4.79 Å². The van der Waals surface area contributed by atoms with E-state index in [0.717, 1.165) is 36.3 Å². The number of aryl methyl sites for hydroxylation is 1. The average molecular weight is 473 g/mol. The van der Waals surface area contributed by atoms with Crippen molar-refractivity contribution < 1.29 is 9.90 Å². The van der Waals surface area contributed by atoms with Crippen molar-refractivity contribution in [1.82, 2.24) is 24.5 Å². The number of amides is 1. The molecule has 0 aromatic carbocycles. The Kier molecular flexibility index (Phi) is 6.17. The highest BCUT2D eigenvalue weighted by atomic mass is 16.3. The number of likely N-dealkylation sites (tertiary alicyclic amines) is 1. The van der Waals surface area contributed by atoms with E-state index < -0.39 is 6.10 Å². The quantitative estimate of drug-likeness (QED) is 0.565. The number of pyridine rings is 1. The molecule has 2 fully saturated rings. The largest absolute Gasteiger partial charge is 0.391 e. The van der Waals surface area contributed by atoms with E-state index in [2.05, 4.69) is 21.6 Å². The standard InChI is InChI=1S/C25H28N8O2/c1-16-13-33-23(29-24(16)31-14-18(12-27-2)22(34)15-31)9-20(30-33)21-5-3-4-8-32(21)25(35)19-7-6-17(10-26)11-28-19/h6-7,9,11,13,18,21-22,34H,2-5,8,12,14-15H2,1H3/t18-,21+,22+/m1/s1. The van der Waals surface area contributed by atoms with Gasteiger partial charge in [-0.15, -0.1) is 0 Å². The first kappa shape index (κ1) is 22.9. The lowest BCUT2D eigenvalue weighted by Crippen LogP contribution is -2.39. The first-order valence-corrected chi connectivity index (χ1v) is 11.9. The number of β-amino-alcohol motifs (C(OH)–C–C–N with tert-alkyl or cyclic N) is 1. The van der Waals surface area contributed by atoms with Gasteiger partial charge in [-0.2, -0.15) is 10.4 Å². The summed E-state index contributed by atoms with van der Waals surface area (Å²) in [4.78, 5) is 30.2. The number of piperidine rings is 1. The van der Waals surface area contributed by atoms with Crippen molar-refractivity contribution >= 4 is 24.1 Å². The molecule has 0 spiro atoms. The molecule has 0 unspecified atom stereocenters. The average Bonchev–Trinajstić information content (AvgIpc) is 3.46. The molecule has 5 heterocycles. The van der Waals surface area contributed by atoms with Gasteiger partial charge < -0.3 is 19.9 Å². The van der Waals surface area contributed by atoms with Gasteiger partial charge in [-0.25, -0.2) is 14.5 Å². The Hall–Kier alpha value is -3.84. The minimum absolute atomic E-state index is 0.0445. The normalized spacial score (nSPS) is 22.4. The zero-order valence-electron chi connectivity index (χ0n) is 19.7. The molecular weight excluding hydrogens is 444 g/mol. The third-order valence-corrected chi connectivity index (χ3v) is 6.91. The summed E-state index contributed by atoms with van der Waals surface area (Å²) in [7, 11) is 0. The summed E-state index contributed by atoms with van der Waals surface area (Å²) in [6.07, 6.45) is 5.65. The molecule has 10 heteroatoms. The second-order valence-electron chi connectivity index (χ2n) is 9.31. The summed E-state index contributed by atoms with van der Waals surface area (Å²) in [5.41, 5.74) is 3.21. The number of anilines is 1.